The lowest BCUT2D eigenvalue weighted by molar-refractivity contribution is -0.138. The SMILES string of the molecule is CC(C)c1ccc(NC(=O)[C@H]2CCCN2C(=O)[C@H]2Cc3ccccc3CN2)cc1. The van der Waals surface area contributed by atoms with Gasteiger partial charge in [0.1, 0.15) is 6.04 Å². The number of hydrogen-bond donors (Lipinski definition) is 2. The Bertz CT molecular complexity index is 891. The Hall–Kier alpha value is -2.66. The summed E-state index contributed by atoms with van der Waals surface area (Å²) >= 11 is 0. The van der Waals surface area contributed by atoms with Crippen molar-refractivity contribution in [1.29, 1.82) is 0 Å². The van der Waals surface area contributed by atoms with E-state index in [1.807, 2.05) is 36.4 Å². The Morgan fingerprint density at radius 1 is 1.07 bits per heavy atom. The van der Waals surface area contributed by atoms with Crippen LogP contribution in [0, 0.1) is 0 Å². The molecule has 0 unspecified atom stereocenters. The van der Waals surface area contributed by atoms with Crippen LogP contribution in [0.15, 0.2) is 48.5 Å². The van der Waals surface area contributed by atoms with Gasteiger partial charge < -0.3 is 15.5 Å². The van der Waals surface area contributed by atoms with E-state index in [-0.39, 0.29) is 17.9 Å². The van der Waals surface area contributed by atoms with Gasteiger partial charge >= 0.3 is 0 Å². The Balaban J connectivity index is 1.42. The first-order chi connectivity index (χ1) is 14.0. The second-order valence-electron chi connectivity index (χ2n) is 8.36. The van der Waals surface area contributed by atoms with Crippen molar-refractivity contribution in [2.75, 3.05) is 11.9 Å². The smallest absolute Gasteiger partial charge is 0.247 e. The molecule has 2 heterocycles. The molecule has 4 rings (SSSR count). The summed E-state index contributed by atoms with van der Waals surface area (Å²) in [6.07, 6.45) is 2.25. The summed E-state index contributed by atoms with van der Waals surface area (Å²) in [6, 6.07) is 15.5. The number of carbonyl (C=O) groups excluding carboxylic acids is 2. The molecule has 0 bridgehead atoms. The first-order valence-corrected chi connectivity index (χ1v) is 10.5. The molecule has 0 radical (unpaired) electrons. The van der Waals surface area contributed by atoms with Crippen molar-refractivity contribution in [1.82, 2.24) is 10.2 Å². The van der Waals surface area contributed by atoms with Crippen molar-refractivity contribution in [3.8, 4) is 0 Å². The van der Waals surface area contributed by atoms with E-state index in [4.69, 9.17) is 0 Å². The van der Waals surface area contributed by atoms with E-state index in [0.29, 0.717) is 31.8 Å². The van der Waals surface area contributed by atoms with Crippen LogP contribution in [0.5, 0.6) is 0 Å². The summed E-state index contributed by atoms with van der Waals surface area (Å²) in [4.78, 5) is 27.9. The number of likely N-dealkylation sites (tertiary alicyclic amines) is 1. The van der Waals surface area contributed by atoms with Gasteiger partial charge in [0.05, 0.1) is 6.04 Å². The zero-order valence-electron chi connectivity index (χ0n) is 17.2. The van der Waals surface area contributed by atoms with Gasteiger partial charge in [-0.2, -0.15) is 0 Å². The monoisotopic (exact) mass is 391 g/mol. The maximum Gasteiger partial charge on any atom is 0.247 e. The molecular weight excluding hydrogens is 362 g/mol. The van der Waals surface area contributed by atoms with E-state index < -0.39 is 6.04 Å². The summed E-state index contributed by atoms with van der Waals surface area (Å²) in [5, 5.41) is 6.36. The molecule has 2 atom stereocenters. The summed E-state index contributed by atoms with van der Waals surface area (Å²) in [5.41, 5.74) is 4.49. The van der Waals surface area contributed by atoms with Gasteiger partial charge in [-0.1, -0.05) is 50.2 Å². The van der Waals surface area contributed by atoms with Crippen LogP contribution in [0.2, 0.25) is 0 Å². The average Bonchev–Trinajstić information content (AvgIpc) is 3.23. The second-order valence-corrected chi connectivity index (χ2v) is 8.36. The highest BCUT2D eigenvalue weighted by Crippen LogP contribution is 2.24. The van der Waals surface area contributed by atoms with Crippen LogP contribution >= 0.6 is 0 Å². The van der Waals surface area contributed by atoms with Gasteiger partial charge in [-0.15, -0.1) is 0 Å². The molecule has 29 heavy (non-hydrogen) atoms. The normalized spacial score (nSPS) is 21.1. The maximum absolute atomic E-state index is 13.2. The molecule has 2 aliphatic heterocycles. The molecule has 2 aromatic rings. The van der Waals surface area contributed by atoms with Gasteiger partial charge in [0.15, 0.2) is 0 Å². The highest BCUT2D eigenvalue weighted by atomic mass is 16.2. The third-order valence-electron chi connectivity index (χ3n) is 6.06. The molecule has 0 spiro atoms. The number of nitrogens with zero attached hydrogens (tertiary/aromatic N) is 1. The molecule has 152 valence electrons. The van der Waals surface area contributed by atoms with Gasteiger partial charge in [-0.25, -0.2) is 0 Å². The number of fused-ring (bicyclic) bond motifs is 1. The molecule has 1 fully saturated rings. The Morgan fingerprint density at radius 2 is 1.79 bits per heavy atom. The fraction of sp³-hybridized carbons (Fsp3) is 0.417. The van der Waals surface area contributed by atoms with Gasteiger partial charge in [0.2, 0.25) is 11.8 Å². The highest BCUT2D eigenvalue weighted by Gasteiger charge is 2.38. The van der Waals surface area contributed by atoms with Crippen LogP contribution in [0.4, 0.5) is 5.69 Å². The number of benzene rings is 2. The lowest BCUT2D eigenvalue weighted by Gasteiger charge is -2.31. The zero-order valence-corrected chi connectivity index (χ0v) is 17.2. The van der Waals surface area contributed by atoms with Crippen molar-refractivity contribution in [3.05, 3.63) is 65.2 Å². The van der Waals surface area contributed by atoms with E-state index in [2.05, 4.69) is 36.6 Å². The van der Waals surface area contributed by atoms with Crippen LogP contribution in [0.1, 0.15) is 49.3 Å². The van der Waals surface area contributed by atoms with Crippen LogP contribution < -0.4 is 10.6 Å². The average molecular weight is 392 g/mol. The Kier molecular flexibility index (Phi) is 5.67. The molecule has 2 aromatic carbocycles. The molecule has 0 saturated carbocycles. The standard InChI is InChI=1S/C24H29N3O2/c1-16(2)17-9-11-20(12-10-17)26-23(28)22-8-5-13-27(22)24(29)21-14-18-6-3-4-7-19(18)15-25-21/h3-4,6-7,9-12,16,21-22,25H,5,8,13-15H2,1-2H3,(H,26,28)/t21-,22-/m1/s1. The maximum atomic E-state index is 13.2. The third kappa shape index (κ3) is 4.20. The second kappa shape index (κ2) is 8.37. The number of hydrogen-bond acceptors (Lipinski definition) is 3. The Morgan fingerprint density at radius 3 is 2.52 bits per heavy atom. The minimum atomic E-state index is -0.397. The molecule has 5 heteroatoms. The molecule has 5 nitrogen and oxygen atoms in total. The molecule has 0 aliphatic carbocycles. The predicted octanol–water partition coefficient (Wildman–Crippen LogP) is 3.45. The fourth-order valence-corrected chi connectivity index (χ4v) is 4.31. The largest absolute Gasteiger partial charge is 0.329 e. The third-order valence-corrected chi connectivity index (χ3v) is 6.06. The summed E-state index contributed by atoms with van der Waals surface area (Å²) in [7, 11) is 0. The molecule has 2 amide bonds. The van der Waals surface area contributed by atoms with Crippen molar-refractivity contribution < 1.29 is 9.59 Å². The van der Waals surface area contributed by atoms with Crippen LogP contribution in [-0.2, 0) is 22.6 Å². The molecule has 0 aromatic heterocycles. The number of carbonyl (C=O) groups is 2. The van der Waals surface area contributed by atoms with Gasteiger partial charge in [0.25, 0.3) is 0 Å². The number of anilines is 1. The minimum Gasteiger partial charge on any atom is -0.329 e. The van der Waals surface area contributed by atoms with Crippen LogP contribution in [0.3, 0.4) is 0 Å². The number of nitrogens with one attached hydrogen (secondary N) is 2. The molecule has 2 N–H and O–H groups in total. The Labute approximate surface area is 172 Å². The van der Waals surface area contributed by atoms with Crippen molar-refractivity contribution in [2.24, 2.45) is 0 Å². The molecule has 2 aliphatic rings. The summed E-state index contributed by atoms with van der Waals surface area (Å²) in [5.74, 6) is 0.396. The van der Waals surface area contributed by atoms with E-state index in [1.165, 1.54) is 16.7 Å². The van der Waals surface area contributed by atoms with E-state index in [1.54, 1.807) is 4.90 Å². The van der Waals surface area contributed by atoms with Crippen molar-refractivity contribution >= 4 is 17.5 Å². The van der Waals surface area contributed by atoms with E-state index in [9.17, 15) is 9.59 Å². The fourth-order valence-electron chi connectivity index (χ4n) is 4.31. The number of amides is 2. The number of rotatable bonds is 4. The summed E-state index contributed by atoms with van der Waals surface area (Å²) < 4.78 is 0. The lowest BCUT2D eigenvalue weighted by Crippen LogP contribution is -2.53. The van der Waals surface area contributed by atoms with Gasteiger partial charge in [-0.3, -0.25) is 9.59 Å². The van der Waals surface area contributed by atoms with Crippen molar-refractivity contribution in [3.63, 3.8) is 0 Å². The predicted molar refractivity (Wildman–Crippen MR) is 115 cm³/mol. The quantitative estimate of drug-likeness (QED) is 0.839. The first kappa shape index (κ1) is 19.6. The molecule has 1 saturated heterocycles. The minimum absolute atomic E-state index is 0.0345. The molecular formula is C24H29N3O2. The van der Waals surface area contributed by atoms with Gasteiger partial charge in [0, 0.05) is 18.8 Å². The lowest BCUT2D eigenvalue weighted by atomic mass is 9.95. The zero-order chi connectivity index (χ0) is 20.4. The van der Waals surface area contributed by atoms with Gasteiger partial charge in [-0.05, 0) is 54.0 Å². The van der Waals surface area contributed by atoms with Crippen LogP contribution in [0.25, 0.3) is 0 Å². The van der Waals surface area contributed by atoms with E-state index >= 15 is 0 Å². The topological polar surface area (TPSA) is 61.4 Å². The first-order valence-electron chi connectivity index (χ1n) is 10.5. The summed E-state index contributed by atoms with van der Waals surface area (Å²) in [6.45, 7) is 5.63. The van der Waals surface area contributed by atoms with Crippen LogP contribution in [-0.4, -0.2) is 35.3 Å². The van der Waals surface area contributed by atoms with Crippen molar-refractivity contribution in [2.45, 2.75) is 57.7 Å². The van der Waals surface area contributed by atoms with E-state index in [0.717, 1.165) is 12.1 Å². The highest BCUT2D eigenvalue weighted by molar-refractivity contribution is 5.98.